The predicted octanol–water partition coefficient (Wildman–Crippen LogP) is 2.56. The van der Waals surface area contributed by atoms with Gasteiger partial charge in [-0.25, -0.2) is 4.98 Å². The van der Waals surface area contributed by atoms with E-state index in [1.807, 2.05) is 0 Å². The van der Waals surface area contributed by atoms with Crippen LogP contribution in [-0.2, 0) is 11.2 Å². The van der Waals surface area contributed by atoms with Crippen LogP contribution in [0.1, 0.15) is 15.9 Å². The highest BCUT2D eigenvalue weighted by Gasteiger charge is 2.29. The number of hydrogen-bond donors (Lipinski definition) is 2. The molecule has 1 heterocycles. The molecule has 0 spiro atoms. The van der Waals surface area contributed by atoms with Crippen molar-refractivity contribution in [2.24, 2.45) is 0 Å². The van der Waals surface area contributed by atoms with Gasteiger partial charge >= 0.3 is 6.18 Å². The Morgan fingerprint density at radius 1 is 1.15 bits per heavy atom. The van der Waals surface area contributed by atoms with Crippen LogP contribution in [0.5, 0.6) is 5.88 Å². The van der Waals surface area contributed by atoms with E-state index in [0.29, 0.717) is 5.69 Å². The van der Waals surface area contributed by atoms with Gasteiger partial charge in [0.05, 0.1) is 6.42 Å². The Bertz CT molecular complexity index is 777. The second-order valence-electron chi connectivity index (χ2n) is 5.26. The van der Waals surface area contributed by atoms with E-state index in [9.17, 15) is 22.8 Å². The van der Waals surface area contributed by atoms with Crippen LogP contribution in [0, 0.1) is 0 Å². The number of ether oxygens (including phenoxy) is 1. The number of hydrogen-bond acceptors (Lipinski definition) is 4. The number of benzene rings is 1. The number of nitrogens with one attached hydrogen (secondary N) is 2. The lowest BCUT2D eigenvalue weighted by Crippen LogP contribution is -2.22. The zero-order valence-electron chi connectivity index (χ0n) is 13.8. The summed E-state index contributed by atoms with van der Waals surface area (Å²) in [6, 6.07) is 9.23. The van der Waals surface area contributed by atoms with Gasteiger partial charge in [0.2, 0.25) is 11.8 Å². The second-order valence-corrected chi connectivity index (χ2v) is 5.26. The monoisotopic (exact) mass is 367 g/mol. The number of anilines is 1. The molecule has 26 heavy (non-hydrogen) atoms. The molecule has 2 rings (SSSR count). The quantitative estimate of drug-likeness (QED) is 0.822. The Kier molecular flexibility index (Phi) is 6.16. The highest BCUT2D eigenvalue weighted by Crippen LogP contribution is 2.21. The minimum atomic E-state index is -4.54. The number of nitrogens with zero attached hydrogens (tertiary/aromatic N) is 1. The molecular formula is C17H16F3N3O3. The van der Waals surface area contributed by atoms with E-state index < -0.39 is 24.6 Å². The first-order valence-corrected chi connectivity index (χ1v) is 7.54. The molecule has 0 saturated carbocycles. The maximum Gasteiger partial charge on any atom is 0.422 e. The lowest BCUT2D eigenvalue weighted by molar-refractivity contribution is -0.154. The third-order valence-corrected chi connectivity index (χ3v) is 3.24. The maximum absolute atomic E-state index is 12.3. The molecule has 0 fully saturated rings. The third-order valence-electron chi connectivity index (χ3n) is 3.24. The normalized spacial score (nSPS) is 10.9. The fourth-order valence-corrected chi connectivity index (χ4v) is 2.01. The summed E-state index contributed by atoms with van der Waals surface area (Å²) < 4.78 is 41.5. The van der Waals surface area contributed by atoms with Crippen molar-refractivity contribution in [3.63, 3.8) is 0 Å². The summed E-state index contributed by atoms with van der Waals surface area (Å²) in [5, 5.41) is 5.05. The largest absolute Gasteiger partial charge is 0.467 e. The Balaban J connectivity index is 2.07. The van der Waals surface area contributed by atoms with Crippen molar-refractivity contribution in [3.05, 3.63) is 53.7 Å². The summed E-state index contributed by atoms with van der Waals surface area (Å²) >= 11 is 0. The van der Waals surface area contributed by atoms with Gasteiger partial charge in [-0.1, -0.05) is 12.1 Å². The minimum absolute atomic E-state index is 0.119. The van der Waals surface area contributed by atoms with Crippen LogP contribution < -0.4 is 15.4 Å². The molecule has 0 radical (unpaired) electrons. The van der Waals surface area contributed by atoms with Gasteiger partial charge in [-0.15, -0.1) is 0 Å². The zero-order chi connectivity index (χ0) is 19.2. The molecule has 0 atom stereocenters. The number of pyridine rings is 1. The predicted molar refractivity (Wildman–Crippen MR) is 88.0 cm³/mol. The summed E-state index contributed by atoms with van der Waals surface area (Å²) in [4.78, 5) is 27.3. The number of alkyl halides is 3. The Hall–Kier alpha value is -3.10. The molecule has 0 aliphatic rings. The summed E-state index contributed by atoms with van der Waals surface area (Å²) in [7, 11) is 1.53. The highest BCUT2D eigenvalue weighted by atomic mass is 19.4. The number of carbonyl (C=O) groups is 2. The van der Waals surface area contributed by atoms with Crippen molar-refractivity contribution >= 4 is 17.5 Å². The summed E-state index contributed by atoms with van der Waals surface area (Å²) in [6.45, 7) is -1.54. The minimum Gasteiger partial charge on any atom is -0.467 e. The van der Waals surface area contributed by atoms with Crippen LogP contribution >= 0.6 is 0 Å². The summed E-state index contributed by atoms with van der Waals surface area (Å²) in [6.07, 6.45) is -3.11. The number of amides is 2. The van der Waals surface area contributed by atoms with E-state index in [0.717, 1.165) is 5.56 Å². The number of rotatable bonds is 6. The molecule has 0 saturated heterocycles. The molecule has 0 bridgehead atoms. The van der Waals surface area contributed by atoms with Gasteiger partial charge < -0.3 is 15.4 Å². The lowest BCUT2D eigenvalue weighted by atomic mass is 10.1. The third kappa shape index (κ3) is 5.76. The molecule has 0 unspecified atom stereocenters. The molecule has 9 heteroatoms. The number of halogens is 3. The van der Waals surface area contributed by atoms with Gasteiger partial charge in [0, 0.05) is 18.9 Å². The first-order valence-electron chi connectivity index (χ1n) is 7.54. The average molecular weight is 367 g/mol. The second kappa shape index (κ2) is 8.32. The van der Waals surface area contributed by atoms with Gasteiger partial charge in [-0.05, 0) is 29.8 Å². The van der Waals surface area contributed by atoms with Gasteiger partial charge in [-0.3, -0.25) is 9.59 Å². The fourth-order valence-electron chi connectivity index (χ4n) is 2.01. The molecule has 1 aromatic carbocycles. The van der Waals surface area contributed by atoms with Gasteiger partial charge in [-0.2, -0.15) is 13.2 Å². The van der Waals surface area contributed by atoms with E-state index in [1.54, 1.807) is 24.3 Å². The highest BCUT2D eigenvalue weighted by molar-refractivity contribution is 6.05. The van der Waals surface area contributed by atoms with Crippen molar-refractivity contribution in [3.8, 4) is 5.88 Å². The maximum atomic E-state index is 12.3. The lowest BCUT2D eigenvalue weighted by Gasteiger charge is -2.12. The first-order chi connectivity index (χ1) is 12.3. The van der Waals surface area contributed by atoms with Crippen LogP contribution in [0.4, 0.5) is 18.9 Å². The number of aromatic nitrogens is 1. The molecule has 138 valence electrons. The fraction of sp³-hybridized carbons (Fsp3) is 0.235. The molecule has 6 nitrogen and oxygen atoms in total. The van der Waals surface area contributed by atoms with E-state index >= 15 is 0 Å². The standard InChI is InChI=1S/C17H16F3N3O3/c1-21-14(24)9-11-4-6-12(7-5-11)23-15(25)13-3-2-8-22-16(13)26-10-17(18,19)20/h2-8H,9-10H2,1H3,(H,21,24)(H,23,25). The SMILES string of the molecule is CNC(=O)Cc1ccc(NC(=O)c2cccnc2OCC(F)(F)F)cc1. The van der Waals surface area contributed by atoms with Crippen LogP contribution in [0.2, 0.25) is 0 Å². The van der Waals surface area contributed by atoms with Crippen molar-refractivity contribution in [1.82, 2.24) is 10.3 Å². The van der Waals surface area contributed by atoms with E-state index in [1.165, 1.54) is 25.4 Å². The van der Waals surface area contributed by atoms with Gasteiger partial charge in [0.1, 0.15) is 5.56 Å². The van der Waals surface area contributed by atoms with E-state index in [-0.39, 0.29) is 17.9 Å². The first kappa shape index (κ1) is 19.2. The molecule has 2 amide bonds. The van der Waals surface area contributed by atoms with Crippen molar-refractivity contribution in [1.29, 1.82) is 0 Å². The van der Waals surface area contributed by atoms with Crippen molar-refractivity contribution in [2.75, 3.05) is 19.0 Å². The van der Waals surface area contributed by atoms with Crippen molar-refractivity contribution < 1.29 is 27.5 Å². The molecule has 2 N–H and O–H groups in total. The summed E-state index contributed by atoms with van der Waals surface area (Å²) in [5.74, 6) is -1.21. The molecule has 0 aliphatic carbocycles. The van der Waals surface area contributed by atoms with E-state index in [4.69, 9.17) is 0 Å². The molecule has 1 aromatic heterocycles. The number of carbonyl (C=O) groups excluding carboxylic acids is 2. The summed E-state index contributed by atoms with van der Waals surface area (Å²) in [5.41, 5.74) is 1.05. The van der Waals surface area contributed by atoms with Crippen LogP contribution in [0.3, 0.4) is 0 Å². The number of likely N-dealkylation sites (N-methyl/N-ethyl adjacent to an activating group) is 1. The van der Waals surface area contributed by atoms with E-state index in [2.05, 4.69) is 20.4 Å². The van der Waals surface area contributed by atoms with Gasteiger partial charge in [0.15, 0.2) is 6.61 Å². The van der Waals surface area contributed by atoms with Crippen molar-refractivity contribution in [2.45, 2.75) is 12.6 Å². The topological polar surface area (TPSA) is 80.3 Å². The van der Waals surface area contributed by atoms with Gasteiger partial charge in [0.25, 0.3) is 5.91 Å². The molecule has 0 aliphatic heterocycles. The average Bonchev–Trinajstić information content (AvgIpc) is 2.61. The zero-order valence-corrected chi connectivity index (χ0v) is 13.8. The van der Waals surface area contributed by atoms with Crippen LogP contribution in [0.25, 0.3) is 0 Å². The molecular weight excluding hydrogens is 351 g/mol. The smallest absolute Gasteiger partial charge is 0.422 e. The Morgan fingerprint density at radius 2 is 1.85 bits per heavy atom. The van der Waals surface area contributed by atoms with Crippen LogP contribution in [-0.4, -0.2) is 36.6 Å². The Labute approximate surface area is 147 Å². The van der Waals surface area contributed by atoms with Crippen LogP contribution in [0.15, 0.2) is 42.6 Å². The Morgan fingerprint density at radius 3 is 2.46 bits per heavy atom. The molecule has 2 aromatic rings.